The Bertz CT molecular complexity index is 597. The van der Waals surface area contributed by atoms with Crippen LogP contribution >= 0.6 is 0 Å². The lowest BCUT2D eigenvalue weighted by atomic mass is 10.1. The molecule has 0 N–H and O–H groups in total. The second-order valence-corrected chi connectivity index (χ2v) is 5.66. The van der Waals surface area contributed by atoms with E-state index < -0.39 is 0 Å². The number of hydrazine groups is 1. The fourth-order valence-corrected chi connectivity index (χ4v) is 2.79. The van der Waals surface area contributed by atoms with Crippen LogP contribution in [0.2, 0.25) is 0 Å². The van der Waals surface area contributed by atoms with Gasteiger partial charge in [-0.15, -0.1) is 0 Å². The molecular formula is C18H20N2O. The van der Waals surface area contributed by atoms with Crippen LogP contribution in [-0.2, 0) is 11.2 Å². The summed E-state index contributed by atoms with van der Waals surface area (Å²) in [6.07, 6.45) is 0.455. The molecule has 1 saturated heterocycles. The molecule has 1 fully saturated rings. The summed E-state index contributed by atoms with van der Waals surface area (Å²) in [7, 11) is 0. The van der Waals surface area contributed by atoms with Crippen molar-refractivity contribution < 1.29 is 4.79 Å². The first-order valence-corrected chi connectivity index (χ1v) is 7.41. The molecule has 1 aliphatic rings. The summed E-state index contributed by atoms with van der Waals surface area (Å²) < 4.78 is 0. The number of hydrogen-bond donors (Lipinski definition) is 0. The first-order chi connectivity index (χ1) is 10.2. The molecule has 0 aromatic heterocycles. The second-order valence-electron chi connectivity index (χ2n) is 5.66. The van der Waals surface area contributed by atoms with E-state index >= 15 is 0 Å². The van der Waals surface area contributed by atoms with Crippen molar-refractivity contribution in [1.82, 2.24) is 5.01 Å². The summed E-state index contributed by atoms with van der Waals surface area (Å²) in [6, 6.07) is 20.1. The highest BCUT2D eigenvalue weighted by Gasteiger charge is 2.31. The average molecular weight is 280 g/mol. The molecule has 1 unspecified atom stereocenters. The summed E-state index contributed by atoms with van der Waals surface area (Å²) >= 11 is 0. The highest BCUT2D eigenvalue weighted by molar-refractivity contribution is 5.81. The number of amides is 1. The molecule has 0 spiro atoms. The molecule has 21 heavy (non-hydrogen) atoms. The molecule has 0 saturated carbocycles. The van der Waals surface area contributed by atoms with Crippen molar-refractivity contribution in [3.05, 3.63) is 66.2 Å². The van der Waals surface area contributed by atoms with Gasteiger partial charge in [-0.25, -0.2) is 0 Å². The number of carbonyl (C=O) groups excluding carboxylic acids is 1. The van der Waals surface area contributed by atoms with E-state index in [4.69, 9.17) is 0 Å². The van der Waals surface area contributed by atoms with E-state index in [1.807, 2.05) is 53.5 Å². The minimum atomic E-state index is 0.161. The van der Waals surface area contributed by atoms with Crippen molar-refractivity contribution in [3.8, 4) is 0 Å². The molecule has 1 aliphatic heterocycles. The lowest BCUT2D eigenvalue weighted by molar-refractivity contribution is -0.130. The topological polar surface area (TPSA) is 23.6 Å². The third kappa shape index (κ3) is 3.07. The molecule has 1 atom stereocenters. The monoisotopic (exact) mass is 280 g/mol. The van der Waals surface area contributed by atoms with Crippen LogP contribution in [-0.4, -0.2) is 24.0 Å². The predicted octanol–water partition coefficient (Wildman–Crippen LogP) is 3.13. The molecule has 0 bridgehead atoms. The molecule has 2 aromatic rings. The van der Waals surface area contributed by atoms with Crippen molar-refractivity contribution in [2.45, 2.75) is 13.3 Å². The minimum absolute atomic E-state index is 0.161. The Kier molecular flexibility index (Phi) is 3.91. The van der Waals surface area contributed by atoms with Gasteiger partial charge in [-0.05, 0) is 23.6 Å². The number of anilines is 1. The maximum absolute atomic E-state index is 12.6. The van der Waals surface area contributed by atoms with E-state index in [-0.39, 0.29) is 5.91 Å². The summed E-state index contributed by atoms with van der Waals surface area (Å²) in [6.45, 7) is 3.87. The number of hydrogen-bond acceptors (Lipinski definition) is 2. The van der Waals surface area contributed by atoms with Gasteiger partial charge in [0.05, 0.1) is 12.1 Å². The van der Waals surface area contributed by atoms with Crippen molar-refractivity contribution >= 4 is 11.6 Å². The number of nitrogens with zero attached hydrogens (tertiary/aromatic N) is 2. The van der Waals surface area contributed by atoms with E-state index in [1.54, 1.807) is 0 Å². The van der Waals surface area contributed by atoms with Gasteiger partial charge in [0.2, 0.25) is 5.91 Å². The summed E-state index contributed by atoms with van der Waals surface area (Å²) in [4.78, 5) is 12.6. The van der Waals surface area contributed by atoms with Gasteiger partial charge in [0.25, 0.3) is 0 Å². The Morgan fingerprint density at radius 2 is 1.62 bits per heavy atom. The van der Waals surface area contributed by atoms with Crippen molar-refractivity contribution in [2.75, 3.05) is 18.1 Å². The van der Waals surface area contributed by atoms with Gasteiger partial charge in [-0.2, -0.15) is 0 Å². The van der Waals surface area contributed by atoms with Crippen LogP contribution in [0.4, 0.5) is 5.69 Å². The Morgan fingerprint density at radius 3 is 2.29 bits per heavy atom. The van der Waals surface area contributed by atoms with E-state index in [0.717, 1.165) is 24.3 Å². The second kappa shape index (κ2) is 6.00. The Hall–Kier alpha value is -2.29. The van der Waals surface area contributed by atoms with E-state index in [2.05, 4.69) is 24.1 Å². The Morgan fingerprint density at radius 1 is 1.00 bits per heavy atom. The number of carbonyl (C=O) groups is 1. The van der Waals surface area contributed by atoms with Crippen LogP contribution in [0.3, 0.4) is 0 Å². The zero-order chi connectivity index (χ0) is 14.7. The molecule has 1 amide bonds. The van der Waals surface area contributed by atoms with Gasteiger partial charge >= 0.3 is 0 Å². The van der Waals surface area contributed by atoms with Crippen LogP contribution in [0, 0.1) is 5.92 Å². The fraction of sp³-hybridized carbons (Fsp3) is 0.278. The van der Waals surface area contributed by atoms with E-state index in [1.165, 1.54) is 0 Å². The first-order valence-electron chi connectivity index (χ1n) is 7.41. The maximum atomic E-state index is 12.6. The van der Waals surface area contributed by atoms with Crippen LogP contribution in [0.15, 0.2) is 60.7 Å². The van der Waals surface area contributed by atoms with Gasteiger partial charge in [0.1, 0.15) is 0 Å². The van der Waals surface area contributed by atoms with Crippen LogP contribution in [0.5, 0.6) is 0 Å². The summed E-state index contributed by atoms with van der Waals surface area (Å²) in [5.41, 5.74) is 2.15. The van der Waals surface area contributed by atoms with Gasteiger partial charge < -0.3 is 0 Å². The maximum Gasteiger partial charge on any atom is 0.245 e. The molecular weight excluding hydrogens is 260 g/mol. The molecule has 2 aromatic carbocycles. The number of rotatable bonds is 3. The molecule has 3 rings (SSSR count). The van der Waals surface area contributed by atoms with E-state index in [9.17, 15) is 4.79 Å². The first kappa shape index (κ1) is 13.7. The van der Waals surface area contributed by atoms with Crippen LogP contribution < -0.4 is 5.01 Å². The largest absolute Gasteiger partial charge is 0.283 e. The third-order valence-electron chi connectivity index (χ3n) is 3.80. The smallest absolute Gasteiger partial charge is 0.245 e. The van der Waals surface area contributed by atoms with E-state index in [0.29, 0.717) is 12.3 Å². The van der Waals surface area contributed by atoms with Gasteiger partial charge in [-0.1, -0.05) is 55.5 Å². The predicted molar refractivity (Wildman–Crippen MR) is 84.8 cm³/mol. The third-order valence-corrected chi connectivity index (χ3v) is 3.80. The van der Waals surface area contributed by atoms with Gasteiger partial charge in [-0.3, -0.25) is 14.8 Å². The molecule has 0 aliphatic carbocycles. The van der Waals surface area contributed by atoms with Crippen LogP contribution in [0.1, 0.15) is 12.5 Å². The zero-order valence-electron chi connectivity index (χ0n) is 12.3. The van der Waals surface area contributed by atoms with Gasteiger partial charge in [0.15, 0.2) is 0 Å². The SMILES string of the molecule is CC1CN(C(=O)Cc2ccccc2)N(c2ccccc2)C1. The standard InChI is InChI=1S/C18H20N2O/c1-15-13-19(17-10-6-3-7-11-17)20(14-15)18(21)12-16-8-4-2-5-9-16/h2-11,15H,12-14H2,1H3. The zero-order valence-corrected chi connectivity index (χ0v) is 12.3. The molecule has 108 valence electrons. The Labute approximate surface area is 125 Å². The van der Waals surface area contributed by atoms with Crippen molar-refractivity contribution in [2.24, 2.45) is 5.92 Å². The number of para-hydroxylation sites is 1. The van der Waals surface area contributed by atoms with Crippen molar-refractivity contribution in [3.63, 3.8) is 0 Å². The van der Waals surface area contributed by atoms with Gasteiger partial charge in [0, 0.05) is 13.1 Å². The minimum Gasteiger partial charge on any atom is -0.283 e. The molecule has 3 heteroatoms. The fourth-order valence-electron chi connectivity index (χ4n) is 2.79. The van der Waals surface area contributed by atoms with Crippen LogP contribution in [0.25, 0.3) is 0 Å². The molecule has 0 radical (unpaired) electrons. The summed E-state index contributed by atoms with van der Waals surface area (Å²) in [5.74, 6) is 0.652. The highest BCUT2D eigenvalue weighted by atomic mass is 16.2. The number of benzene rings is 2. The normalized spacial score (nSPS) is 18.0. The quantitative estimate of drug-likeness (QED) is 0.862. The average Bonchev–Trinajstić information content (AvgIpc) is 2.91. The lowest BCUT2D eigenvalue weighted by Gasteiger charge is -2.29. The lowest BCUT2D eigenvalue weighted by Crippen LogP contribution is -2.42. The molecule has 1 heterocycles. The highest BCUT2D eigenvalue weighted by Crippen LogP contribution is 2.25. The Balaban J connectivity index is 1.77. The summed E-state index contributed by atoms with van der Waals surface area (Å²) in [5, 5.41) is 4.00. The molecule has 3 nitrogen and oxygen atoms in total. The van der Waals surface area contributed by atoms with Crippen molar-refractivity contribution in [1.29, 1.82) is 0 Å².